The molecule has 2 rings (SSSR count). The minimum absolute atomic E-state index is 0.157. The van der Waals surface area contributed by atoms with Gasteiger partial charge in [0.1, 0.15) is 0 Å². The van der Waals surface area contributed by atoms with Crippen LogP contribution in [0.15, 0.2) is 24.3 Å². The van der Waals surface area contributed by atoms with Crippen LogP contribution in [0.4, 0.5) is 0 Å². The summed E-state index contributed by atoms with van der Waals surface area (Å²) in [6.45, 7) is 3.59. The molecule has 1 aliphatic rings. The molecule has 0 saturated carbocycles. The van der Waals surface area contributed by atoms with Gasteiger partial charge in [-0.25, -0.2) is 0 Å². The maximum atomic E-state index is 12.4. The van der Waals surface area contributed by atoms with Gasteiger partial charge in [-0.2, -0.15) is 0 Å². The van der Waals surface area contributed by atoms with E-state index < -0.39 is 0 Å². The van der Waals surface area contributed by atoms with E-state index >= 15 is 0 Å². The Kier molecular flexibility index (Phi) is 4.83. The molecule has 1 aliphatic heterocycles. The van der Waals surface area contributed by atoms with Gasteiger partial charge in [0.2, 0.25) is 5.91 Å². The number of piperidine rings is 1. The van der Waals surface area contributed by atoms with Crippen LogP contribution in [-0.2, 0) is 11.2 Å². The van der Waals surface area contributed by atoms with E-state index in [0.717, 1.165) is 24.9 Å². The lowest BCUT2D eigenvalue weighted by Crippen LogP contribution is -2.49. The Morgan fingerprint density at radius 1 is 1.53 bits per heavy atom. The first-order valence-electron chi connectivity index (χ1n) is 6.84. The van der Waals surface area contributed by atoms with Gasteiger partial charge in [0.25, 0.3) is 0 Å². The van der Waals surface area contributed by atoms with E-state index in [2.05, 4.69) is 6.92 Å². The van der Waals surface area contributed by atoms with Crippen LogP contribution in [0.5, 0.6) is 0 Å². The number of hydrogen-bond acceptors (Lipinski definition) is 2. The number of carbonyl (C=O) groups is 1. The Morgan fingerprint density at radius 2 is 2.32 bits per heavy atom. The van der Waals surface area contributed by atoms with Crippen LogP contribution in [0.1, 0.15) is 25.3 Å². The average molecular weight is 281 g/mol. The zero-order valence-corrected chi connectivity index (χ0v) is 12.1. The van der Waals surface area contributed by atoms with E-state index in [4.69, 9.17) is 17.3 Å². The molecule has 2 N–H and O–H groups in total. The van der Waals surface area contributed by atoms with E-state index in [1.54, 1.807) is 0 Å². The molecule has 0 radical (unpaired) electrons. The Bertz CT molecular complexity index is 450. The van der Waals surface area contributed by atoms with Crippen LogP contribution in [0, 0.1) is 5.92 Å². The van der Waals surface area contributed by atoms with E-state index in [0.29, 0.717) is 23.9 Å². The van der Waals surface area contributed by atoms with Crippen molar-refractivity contribution < 1.29 is 4.79 Å². The summed E-state index contributed by atoms with van der Waals surface area (Å²) in [4.78, 5) is 14.3. The highest BCUT2D eigenvalue weighted by Gasteiger charge is 2.28. The number of rotatable bonds is 3. The topological polar surface area (TPSA) is 46.3 Å². The number of amides is 1. The number of likely N-dealkylation sites (tertiary alicyclic amines) is 1. The van der Waals surface area contributed by atoms with E-state index in [1.807, 2.05) is 29.2 Å². The molecular weight excluding hydrogens is 260 g/mol. The Hall–Kier alpha value is -1.06. The highest BCUT2D eigenvalue weighted by Crippen LogP contribution is 2.23. The van der Waals surface area contributed by atoms with Crippen LogP contribution >= 0.6 is 11.6 Å². The largest absolute Gasteiger partial charge is 0.338 e. The Morgan fingerprint density at radius 3 is 3.00 bits per heavy atom. The molecule has 1 fully saturated rings. The second kappa shape index (κ2) is 6.40. The van der Waals surface area contributed by atoms with Gasteiger partial charge in [0, 0.05) is 24.2 Å². The molecular formula is C15H21ClN2O. The summed E-state index contributed by atoms with van der Waals surface area (Å²) < 4.78 is 0. The number of hydrogen-bond donors (Lipinski definition) is 1. The summed E-state index contributed by atoms with van der Waals surface area (Å²) in [6.07, 6.45) is 2.49. The standard InChI is InChI=1S/C15H21ClN2O/c1-11-5-6-18(14(7-11)10-17)15(19)9-12-3-2-4-13(16)8-12/h2-4,8,11,14H,5-7,9-10,17H2,1H3. The van der Waals surface area contributed by atoms with Crippen LogP contribution in [0.2, 0.25) is 5.02 Å². The smallest absolute Gasteiger partial charge is 0.227 e. The molecule has 1 aromatic carbocycles. The maximum Gasteiger partial charge on any atom is 0.227 e. The van der Waals surface area contributed by atoms with Crippen LogP contribution in [0.3, 0.4) is 0 Å². The third-order valence-corrected chi connectivity index (χ3v) is 4.05. The van der Waals surface area contributed by atoms with Crippen LogP contribution in [-0.4, -0.2) is 29.9 Å². The molecule has 2 atom stereocenters. The van der Waals surface area contributed by atoms with Gasteiger partial charge in [0.05, 0.1) is 6.42 Å². The van der Waals surface area contributed by atoms with Gasteiger partial charge in [-0.3, -0.25) is 4.79 Å². The Labute approximate surface area is 119 Å². The maximum absolute atomic E-state index is 12.4. The molecule has 4 heteroatoms. The molecule has 3 nitrogen and oxygen atoms in total. The fourth-order valence-corrected chi connectivity index (χ4v) is 2.94. The molecule has 1 aromatic rings. The lowest BCUT2D eigenvalue weighted by Gasteiger charge is -2.38. The molecule has 1 amide bonds. The van der Waals surface area contributed by atoms with E-state index in [9.17, 15) is 4.79 Å². The molecule has 0 aromatic heterocycles. The summed E-state index contributed by atoms with van der Waals surface area (Å²) in [5.74, 6) is 0.813. The number of benzene rings is 1. The number of nitrogens with two attached hydrogens (primary N) is 1. The molecule has 0 bridgehead atoms. The normalized spacial score (nSPS) is 23.4. The first-order valence-corrected chi connectivity index (χ1v) is 7.22. The van der Waals surface area contributed by atoms with E-state index in [1.165, 1.54) is 0 Å². The second-order valence-corrected chi connectivity index (χ2v) is 5.85. The van der Waals surface area contributed by atoms with Crippen molar-refractivity contribution in [1.82, 2.24) is 4.90 Å². The first kappa shape index (κ1) is 14.4. The van der Waals surface area contributed by atoms with Gasteiger partial charge < -0.3 is 10.6 Å². The SMILES string of the molecule is CC1CCN(C(=O)Cc2cccc(Cl)c2)C(CN)C1. The highest BCUT2D eigenvalue weighted by molar-refractivity contribution is 6.30. The molecule has 104 valence electrons. The molecule has 0 spiro atoms. The third-order valence-electron chi connectivity index (χ3n) is 3.81. The number of carbonyl (C=O) groups excluding carboxylic acids is 1. The van der Waals surface area contributed by atoms with Crippen molar-refractivity contribution in [3.63, 3.8) is 0 Å². The van der Waals surface area contributed by atoms with E-state index in [-0.39, 0.29) is 11.9 Å². The first-order chi connectivity index (χ1) is 9.10. The lowest BCUT2D eigenvalue weighted by molar-refractivity contribution is -0.134. The van der Waals surface area contributed by atoms with Gasteiger partial charge >= 0.3 is 0 Å². The van der Waals surface area contributed by atoms with Crippen molar-refractivity contribution in [2.75, 3.05) is 13.1 Å². The average Bonchev–Trinajstić information content (AvgIpc) is 2.38. The quantitative estimate of drug-likeness (QED) is 0.924. The molecule has 2 unspecified atom stereocenters. The van der Waals surface area contributed by atoms with Crippen molar-refractivity contribution in [2.24, 2.45) is 11.7 Å². The molecule has 1 saturated heterocycles. The number of halogens is 1. The van der Waals surface area contributed by atoms with Gasteiger partial charge in [-0.15, -0.1) is 0 Å². The summed E-state index contributed by atoms with van der Waals surface area (Å²) in [5, 5.41) is 0.674. The molecule has 1 heterocycles. The minimum Gasteiger partial charge on any atom is -0.338 e. The summed E-state index contributed by atoms with van der Waals surface area (Å²) in [6, 6.07) is 7.68. The van der Waals surface area contributed by atoms with Crippen molar-refractivity contribution in [1.29, 1.82) is 0 Å². The predicted octanol–water partition coefficient (Wildman–Crippen LogP) is 2.47. The van der Waals surface area contributed by atoms with Gasteiger partial charge in [-0.05, 0) is 36.5 Å². The monoisotopic (exact) mass is 280 g/mol. The Balaban J connectivity index is 2.02. The zero-order chi connectivity index (χ0) is 13.8. The van der Waals surface area contributed by atoms with Crippen LogP contribution in [0.25, 0.3) is 0 Å². The third kappa shape index (κ3) is 3.71. The second-order valence-electron chi connectivity index (χ2n) is 5.41. The lowest BCUT2D eigenvalue weighted by atomic mass is 9.92. The summed E-state index contributed by atoms with van der Waals surface area (Å²) in [7, 11) is 0. The van der Waals surface area contributed by atoms with Gasteiger partial charge in [-0.1, -0.05) is 30.7 Å². The number of nitrogens with zero attached hydrogens (tertiary/aromatic N) is 1. The fraction of sp³-hybridized carbons (Fsp3) is 0.533. The predicted molar refractivity (Wildman–Crippen MR) is 78.1 cm³/mol. The minimum atomic E-state index is 0.157. The van der Waals surface area contributed by atoms with Crippen molar-refractivity contribution in [2.45, 2.75) is 32.2 Å². The zero-order valence-electron chi connectivity index (χ0n) is 11.3. The van der Waals surface area contributed by atoms with Crippen LogP contribution < -0.4 is 5.73 Å². The molecule has 19 heavy (non-hydrogen) atoms. The fourth-order valence-electron chi connectivity index (χ4n) is 2.73. The highest BCUT2D eigenvalue weighted by atomic mass is 35.5. The summed E-state index contributed by atoms with van der Waals surface area (Å²) in [5.41, 5.74) is 6.76. The van der Waals surface area contributed by atoms with Gasteiger partial charge in [0.15, 0.2) is 0 Å². The van der Waals surface area contributed by atoms with Crippen molar-refractivity contribution in [3.8, 4) is 0 Å². The summed E-state index contributed by atoms with van der Waals surface area (Å²) >= 11 is 5.94. The molecule has 0 aliphatic carbocycles. The van der Waals surface area contributed by atoms with Crippen molar-refractivity contribution in [3.05, 3.63) is 34.9 Å². The van der Waals surface area contributed by atoms with Crippen molar-refractivity contribution >= 4 is 17.5 Å².